The van der Waals surface area contributed by atoms with Crippen molar-refractivity contribution in [3.63, 3.8) is 0 Å². The lowest BCUT2D eigenvalue weighted by atomic mass is 10.2. The van der Waals surface area contributed by atoms with Gasteiger partial charge in [-0.1, -0.05) is 0 Å². The summed E-state index contributed by atoms with van der Waals surface area (Å²) in [6, 6.07) is 6.70. The summed E-state index contributed by atoms with van der Waals surface area (Å²) >= 11 is 0. The molecule has 0 spiro atoms. The van der Waals surface area contributed by atoms with Gasteiger partial charge in [0.05, 0.1) is 25.0 Å². The molecule has 0 aliphatic heterocycles. The number of benzene rings is 1. The van der Waals surface area contributed by atoms with Gasteiger partial charge in [-0.25, -0.2) is 9.97 Å². The summed E-state index contributed by atoms with van der Waals surface area (Å²) in [5, 5.41) is 28.7. The third kappa shape index (κ3) is 8.27. The third-order valence-corrected chi connectivity index (χ3v) is 4.83. The Kier molecular flexibility index (Phi) is 9.01. The minimum Gasteiger partial charge on any atom is -0.492 e. The molecule has 2 heterocycles. The fourth-order valence-electron chi connectivity index (χ4n) is 3.02. The molecule has 1 aromatic carbocycles. The smallest absolute Gasteiger partial charge is 0.322 e. The van der Waals surface area contributed by atoms with Crippen LogP contribution in [-0.4, -0.2) is 73.5 Å². The van der Waals surface area contributed by atoms with Crippen molar-refractivity contribution in [1.82, 2.24) is 35.9 Å². The number of aromatic nitrogens is 4. The van der Waals surface area contributed by atoms with Gasteiger partial charge in [0.1, 0.15) is 6.54 Å². The molecule has 0 saturated heterocycles. The summed E-state index contributed by atoms with van der Waals surface area (Å²) in [7, 11) is 0. The van der Waals surface area contributed by atoms with E-state index in [1.807, 2.05) is 0 Å². The number of aliphatic carboxylic acids is 1. The zero-order valence-corrected chi connectivity index (χ0v) is 19.5. The maximum atomic E-state index is 12.3. The molecule has 15 nitrogen and oxygen atoms in total. The minimum atomic E-state index is -1.18. The van der Waals surface area contributed by atoms with Gasteiger partial charge >= 0.3 is 5.97 Å². The Morgan fingerprint density at radius 2 is 1.65 bits per heavy atom. The lowest BCUT2D eigenvalue weighted by Crippen LogP contribution is -2.39. The second-order valence-corrected chi connectivity index (χ2v) is 7.68. The van der Waals surface area contributed by atoms with Gasteiger partial charge < -0.3 is 37.2 Å². The maximum Gasteiger partial charge on any atom is 0.322 e. The Labute approximate surface area is 209 Å². The number of aromatic hydroxyl groups is 1. The molecule has 3 aromatic rings. The molecule has 0 bridgehead atoms. The normalized spacial score (nSPS) is 10.5. The Bertz CT molecular complexity index is 1300. The number of hydrogen-bond donors (Lipinski definition) is 7. The van der Waals surface area contributed by atoms with Gasteiger partial charge in [-0.2, -0.15) is 9.97 Å². The van der Waals surface area contributed by atoms with E-state index < -0.39 is 24.3 Å². The number of carbonyl (C=O) groups is 4. The van der Waals surface area contributed by atoms with E-state index in [0.717, 1.165) is 5.69 Å². The van der Waals surface area contributed by atoms with Crippen molar-refractivity contribution in [2.24, 2.45) is 0 Å². The van der Waals surface area contributed by atoms with Crippen molar-refractivity contribution in [3.8, 4) is 5.88 Å². The van der Waals surface area contributed by atoms with E-state index in [2.05, 4.69) is 41.2 Å². The van der Waals surface area contributed by atoms with Crippen molar-refractivity contribution >= 4 is 46.5 Å². The van der Waals surface area contributed by atoms with Gasteiger partial charge in [0.25, 0.3) is 5.91 Å². The van der Waals surface area contributed by atoms with Gasteiger partial charge in [0.2, 0.25) is 23.6 Å². The van der Waals surface area contributed by atoms with Crippen molar-refractivity contribution in [1.29, 1.82) is 0 Å². The SMILES string of the molecule is Nc1nc(O)c2nc(CNc3ccc(C(=O)NCCCC(=O)NCC(=O)NCC(=O)O)cc3)cnc2n1. The predicted molar refractivity (Wildman–Crippen MR) is 130 cm³/mol. The Hall–Kier alpha value is -5.08. The number of rotatable bonds is 12. The molecule has 15 heteroatoms. The molecule has 0 saturated carbocycles. The average molecular weight is 511 g/mol. The Morgan fingerprint density at radius 3 is 2.38 bits per heavy atom. The summed E-state index contributed by atoms with van der Waals surface area (Å²) in [4.78, 5) is 61.7. The number of fused-ring (bicyclic) bond motifs is 1. The second-order valence-electron chi connectivity index (χ2n) is 7.68. The number of carboxylic acid groups (broad SMARTS) is 1. The van der Waals surface area contributed by atoms with E-state index >= 15 is 0 Å². The van der Waals surface area contributed by atoms with Gasteiger partial charge in [0.15, 0.2) is 11.2 Å². The van der Waals surface area contributed by atoms with Gasteiger partial charge in [-0.3, -0.25) is 19.2 Å². The van der Waals surface area contributed by atoms with Crippen molar-refractivity contribution in [3.05, 3.63) is 41.7 Å². The molecule has 194 valence electrons. The Balaban J connectivity index is 1.38. The lowest BCUT2D eigenvalue weighted by Gasteiger charge is -2.09. The predicted octanol–water partition coefficient (Wildman–Crippen LogP) is -0.853. The van der Waals surface area contributed by atoms with E-state index in [1.54, 1.807) is 24.3 Å². The second kappa shape index (κ2) is 12.6. The van der Waals surface area contributed by atoms with Crippen molar-refractivity contribution < 1.29 is 29.4 Å². The molecule has 3 rings (SSSR count). The van der Waals surface area contributed by atoms with Crippen LogP contribution in [0.4, 0.5) is 11.6 Å². The summed E-state index contributed by atoms with van der Waals surface area (Å²) in [6.07, 6.45) is 1.94. The zero-order valence-electron chi connectivity index (χ0n) is 19.5. The topological polar surface area (TPSA) is 234 Å². The average Bonchev–Trinajstić information content (AvgIpc) is 2.87. The third-order valence-electron chi connectivity index (χ3n) is 4.83. The zero-order chi connectivity index (χ0) is 26.8. The number of amides is 3. The van der Waals surface area contributed by atoms with E-state index in [4.69, 9.17) is 10.8 Å². The molecule has 37 heavy (non-hydrogen) atoms. The quantitative estimate of drug-likeness (QED) is 0.147. The van der Waals surface area contributed by atoms with E-state index in [9.17, 15) is 24.3 Å². The van der Waals surface area contributed by atoms with E-state index in [-0.39, 0.29) is 48.4 Å². The molecule has 8 N–H and O–H groups in total. The first-order chi connectivity index (χ1) is 17.7. The molecule has 0 fully saturated rings. The number of carbonyl (C=O) groups excluding carboxylic acids is 3. The highest BCUT2D eigenvalue weighted by atomic mass is 16.4. The molecular weight excluding hydrogens is 486 g/mol. The first-order valence-electron chi connectivity index (χ1n) is 11.1. The van der Waals surface area contributed by atoms with Crippen LogP contribution >= 0.6 is 0 Å². The van der Waals surface area contributed by atoms with Crippen molar-refractivity contribution in [2.45, 2.75) is 19.4 Å². The first-order valence-corrected chi connectivity index (χ1v) is 11.1. The largest absolute Gasteiger partial charge is 0.492 e. The van der Waals surface area contributed by atoms with Crippen LogP contribution in [0.5, 0.6) is 5.88 Å². The lowest BCUT2D eigenvalue weighted by molar-refractivity contribution is -0.137. The number of anilines is 2. The van der Waals surface area contributed by atoms with Crippen LogP contribution in [0.15, 0.2) is 30.5 Å². The highest BCUT2D eigenvalue weighted by molar-refractivity contribution is 5.94. The number of hydrogen-bond acceptors (Lipinski definition) is 11. The standard InChI is InChI=1S/C22H25N9O6/c23-22-30-19-18(21(37)31-22)29-14(9-28-19)8-25-13-5-3-12(4-6-13)20(36)24-7-1-2-15(32)26-10-16(33)27-11-17(34)35/h3-6,9,25H,1-2,7-8,10-11H2,(H,24,36)(H,26,32)(H,27,33)(H,34,35)(H3,23,28,30,31,37). The molecule has 0 aliphatic carbocycles. The number of nitrogens with zero attached hydrogens (tertiary/aromatic N) is 4. The highest BCUT2D eigenvalue weighted by Crippen LogP contribution is 2.18. The van der Waals surface area contributed by atoms with Crippen LogP contribution in [0.2, 0.25) is 0 Å². The fourth-order valence-corrected chi connectivity index (χ4v) is 3.02. The monoisotopic (exact) mass is 511 g/mol. The van der Waals surface area contributed by atoms with Gasteiger partial charge in [-0.15, -0.1) is 0 Å². The summed E-state index contributed by atoms with van der Waals surface area (Å²) in [5.74, 6) is -2.94. The molecule has 0 unspecified atom stereocenters. The molecular formula is C22H25N9O6. The first kappa shape index (κ1) is 26.5. The van der Waals surface area contributed by atoms with Gasteiger partial charge in [0, 0.05) is 24.2 Å². The fraction of sp³-hybridized carbons (Fsp3) is 0.273. The van der Waals surface area contributed by atoms with Crippen molar-refractivity contribution in [2.75, 3.05) is 30.7 Å². The Morgan fingerprint density at radius 1 is 0.919 bits per heavy atom. The van der Waals surface area contributed by atoms with Crippen LogP contribution in [0.1, 0.15) is 28.9 Å². The number of nitrogens with two attached hydrogens (primary N) is 1. The number of nitrogen functional groups attached to an aromatic ring is 1. The molecule has 0 aliphatic rings. The van der Waals surface area contributed by atoms with Crippen LogP contribution in [-0.2, 0) is 20.9 Å². The molecule has 0 atom stereocenters. The molecule has 3 amide bonds. The highest BCUT2D eigenvalue weighted by Gasteiger charge is 2.10. The molecule has 0 radical (unpaired) electrons. The summed E-state index contributed by atoms with van der Waals surface area (Å²) < 4.78 is 0. The van der Waals surface area contributed by atoms with Crippen LogP contribution < -0.4 is 27.0 Å². The van der Waals surface area contributed by atoms with Crippen LogP contribution in [0, 0.1) is 0 Å². The maximum absolute atomic E-state index is 12.3. The molecule has 2 aromatic heterocycles. The van der Waals surface area contributed by atoms with Gasteiger partial charge in [-0.05, 0) is 30.7 Å². The summed E-state index contributed by atoms with van der Waals surface area (Å²) in [6.45, 7) is -0.297. The van der Waals surface area contributed by atoms with Crippen LogP contribution in [0.3, 0.4) is 0 Å². The van der Waals surface area contributed by atoms with E-state index in [1.165, 1.54) is 6.20 Å². The van der Waals surface area contributed by atoms with Crippen LogP contribution in [0.25, 0.3) is 11.2 Å². The minimum absolute atomic E-state index is 0.0876. The number of nitrogens with one attached hydrogen (secondary N) is 4. The van der Waals surface area contributed by atoms with E-state index in [0.29, 0.717) is 24.2 Å². The summed E-state index contributed by atoms with van der Waals surface area (Å²) in [5.41, 5.74) is 7.48. The number of carboxylic acids is 1.